The van der Waals surface area contributed by atoms with Crippen molar-refractivity contribution in [3.63, 3.8) is 0 Å². The van der Waals surface area contributed by atoms with Gasteiger partial charge in [-0.3, -0.25) is 38.5 Å². The highest BCUT2D eigenvalue weighted by molar-refractivity contribution is 7.92. The number of anilines is 2. The normalized spacial score (nSPS) is 22.4. The van der Waals surface area contributed by atoms with E-state index in [1.165, 1.54) is 22.8 Å². The Morgan fingerprint density at radius 2 is 1.82 bits per heavy atom. The third kappa shape index (κ3) is 6.08. The molecule has 3 aliphatic rings. The zero-order valence-electron chi connectivity index (χ0n) is 27.3. The van der Waals surface area contributed by atoms with Crippen molar-refractivity contribution in [1.82, 2.24) is 24.1 Å². The van der Waals surface area contributed by atoms with Gasteiger partial charge in [-0.05, 0) is 73.7 Å². The molecule has 16 nitrogen and oxygen atoms in total. The molecule has 0 radical (unpaired) electrons. The van der Waals surface area contributed by atoms with Gasteiger partial charge >= 0.3 is 15.9 Å². The van der Waals surface area contributed by atoms with Gasteiger partial charge in [-0.25, -0.2) is 18.2 Å². The molecule has 0 saturated carbocycles. The van der Waals surface area contributed by atoms with E-state index in [4.69, 9.17) is 0 Å². The Bertz CT molecular complexity index is 2320. The van der Waals surface area contributed by atoms with Crippen LogP contribution in [-0.2, 0) is 35.9 Å². The lowest BCUT2D eigenvalue weighted by Gasteiger charge is -2.35. The number of nitrogens with one attached hydrogen (secondary N) is 3. The highest BCUT2D eigenvalue weighted by Crippen LogP contribution is 2.39. The van der Waals surface area contributed by atoms with E-state index >= 15 is 4.39 Å². The first-order chi connectivity index (χ1) is 24.2. The molecule has 1 unspecified atom stereocenters. The van der Waals surface area contributed by atoms with Gasteiger partial charge in [-0.2, -0.15) is 8.42 Å². The van der Waals surface area contributed by atoms with E-state index < -0.39 is 63.9 Å². The Balaban J connectivity index is 1.03. The Hall–Kier alpha value is -5.33. The first kappa shape index (κ1) is 34.1. The molecule has 3 aliphatic heterocycles. The zero-order valence-corrected chi connectivity index (χ0v) is 28.1. The number of likely N-dealkylation sites (tertiary alicyclic amines) is 1. The molecule has 1 aromatic heterocycles. The molecule has 5 N–H and O–H groups in total. The lowest BCUT2D eigenvalue weighted by molar-refractivity contribution is -0.135. The second-order valence-corrected chi connectivity index (χ2v) is 14.5. The number of hydrogen-bond donors (Lipinski definition) is 5. The van der Waals surface area contributed by atoms with Gasteiger partial charge in [0.15, 0.2) is 5.82 Å². The number of carbonyl (C=O) groups excluding carboxylic acids is 4. The quantitative estimate of drug-likeness (QED) is 0.169. The van der Waals surface area contributed by atoms with E-state index in [2.05, 4.69) is 10.6 Å². The van der Waals surface area contributed by atoms with Gasteiger partial charge in [0.25, 0.3) is 5.91 Å². The summed E-state index contributed by atoms with van der Waals surface area (Å²) in [5, 5.41) is 26.9. The number of piperidine rings is 2. The highest BCUT2D eigenvalue weighted by Gasteiger charge is 2.38. The number of rotatable bonds is 7. The van der Waals surface area contributed by atoms with Crippen molar-refractivity contribution in [2.75, 3.05) is 35.8 Å². The molecule has 0 bridgehead atoms. The molecule has 3 atom stereocenters. The molecule has 4 heterocycles. The van der Waals surface area contributed by atoms with Crippen LogP contribution in [0.2, 0.25) is 0 Å². The van der Waals surface area contributed by atoms with Crippen LogP contribution in [0.5, 0.6) is 5.75 Å². The van der Waals surface area contributed by atoms with Crippen molar-refractivity contribution in [3.8, 4) is 5.75 Å². The van der Waals surface area contributed by atoms with Crippen LogP contribution in [0.15, 0.2) is 47.3 Å². The number of phenols is 1. The Morgan fingerprint density at radius 3 is 2.51 bits per heavy atom. The van der Waals surface area contributed by atoms with E-state index in [0.717, 1.165) is 11.6 Å². The SMILES string of the molecule is CCn1c(=O)n(C2CCC(=O)NC2=O)c2ccc([C@H]3CCN(CC(=O)Nc4ccc5c(F)c(N6CC(=O)NS6(=O)=O)c(O)cc5c4)C[C@@H]3O)cc21. The maximum atomic E-state index is 15.4. The van der Waals surface area contributed by atoms with Crippen LogP contribution in [0.4, 0.5) is 15.8 Å². The monoisotopic (exact) mass is 723 g/mol. The molecule has 4 amide bonds. The van der Waals surface area contributed by atoms with Gasteiger partial charge in [0.1, 0.15) is 24.0 Å². The fraction of sp³-hybridized carbons (Fsp3) is 0.364. The Kier molecular flexibility index (Phi) is 8.55. The van der Waals surface area contributed by atoms with Gasteiger partial charge < -0.3 is 15.5 Å². The summed E-state index contributed by atoms with van der Waals surface area (Å²) in [5.41, 5.74) is 1.26. The third-order valence-electron chi connectivity index (χ3n) is 9.67. The predicted molar refractivity (Wildman–Crippen MR) is 182 cm³/mol. The van der Waals surface area contributed by atoms with Crippen LogP contribution in [0.25, 0.3) is 21.8 Å². The van der Waals surface area contributed by atoms with Crippen molar-refractivity contribution < 1.29 is 42.2 Å². The number of hydrogen-bond acceptors (Lipinski definition) is 10. The van der Waals surface area contributed by atoms with Crippen LogP contribution < -0.4 is 25.4 Å². The van der Waals surface area contributed by atoms with Crippen LogP contribution in [-0.4, -0.2) is 88.6 Å². The maximum absolute atomic E-state index is 15.4. The summed E-state index contributed by atoms with van der Waals surface area (Å²) < 4.78 is 45.1. The highest BCUT2D eigenvalue weighted by atomic mass is 32.2. The molecular formula is C33H34FN7O9S. The van der Waals surface area contributed by atoms with Crippen LogP contribution in [0.3, 0.4) is 0 Å². The number of aromatic nitrogens is 2. The molecular weight excluding hydrogens is 689 g/mol. The van der Waals surface area contributed by atoms with Gasteiger partial charge in [-0.1, -0.05) is 6.07 Å². The van der Waals surface area contributed by atoms with Crippen molar-refractivity contribution in [2.45, 2.75) is 50.8 Å². The summed E-state index contributed by atoms with van der Waals surface area (Å²) in [6, 6.07) is 9.94. The molecule has 4 aromatic rings. The lowest BCUT2D eigenvalue weighted by atomic mass is 9.87. The summed E-state index contributed by atoms with van der Waals surface area (Å²) in [7, 11) is -4.36. The summed E-state index contributed by atoms with van der Waals surface area (Å²) in [5.74, 6) is -4.20. The molecule has 7 rings (SSSR count). The number of aliphatic hydroxyl groups excluding tert-OH is 1. The maximum Gasteiger partial charge on any atom is 0.329 e. The van der Waals surface area contributed by atoms with E-state index in [1.807, 2.05) is 19.1 Å². The minimum Gasteiger partial charge on any atom is -0.506 e. The fourth-order valence-corrected chi connectivity index (χ4v) is 8.46. The number of β-amino-alcohol motifs (C(OH)–C–C–N with tert-alkyl or cyclic N) is 1. The Morgan fingerprint density at radius 1 is 1.04 bits per heavy atom. The summed E-state index contributed by atoms with van der Waals surface area (Å²) in [6.45, 7) is 2.09. The molecule has 0 spiro atoms. The van der Waals surface area contributed by atoms with Gasteiger partial charge in [0, 0.05) is 36.5 Å². The van der Waals surface area contributed by atoms with Crippen molar-refractivity contribution in [1.29, 1.82) is 0 Å². The molecule has 3 saturated heterocycles. The average Bonchev–Trinajstić information content (AvgIpc) is 3.49. The standard InChI is InChI=1S/C33H34FN7O9S/c1-2-39-24-12-17(3-6-22(24)41(33(39)48)23-7-8-27(44)36-32(23)47)20-9-10-38(14-26(20)43)15-28(45)35-19-4-5-21-18(11-19)13-25(42)31(30(21)34)40-16-29(46)37-51(40,49)50/h3-6,11-13,20,23,26,42-43H,2,7-10,14-16H2,1H3,(H,35,45)(H,37,46)(H,36,44,47)/t20-,23?,26+/m1/s1. The number of fused-ring (bicyclic) bond motifs is 2. The molecule has 0 aliphatic carbocycles. The second-order valence-electron chi connectivity index (χ2n) is 12.9. The van der Waals surface area contributed by atoms with Gasteiger partial charge in [-0.15, -0.1) is 0 Å². The number of carbonyl (C=O) groups is 4. The molecule has 3 aromatic carbocycles. The smallest absolute Gasteiger partial charge is 0.329 e. The lowest BCUT2D eigenvalue weighted by Crippen LogP contribution is -2.45. The average molecular weight is 724 g/mol. The van der Waals surface area contributed by atoms with Crippen molar-refractivity contribution >= 4 is 67.0 Å². The van der Waals surface area contributed by atoms with Crippen molar-refractivity contribution in [2.24, 2.45) is 0 Å². The minimum absolute atomic E-state index is 0.0396. The molecule has 18 heteroatoms. The molecule has 3 fully saturated rings. The van der Waals surface area contributed by atoms with E-state index in [1.54, 1.807) is 20.3 Å². The number of imidazole rings is 1. The number of phenolic OH excluding ortho intramolecular Hbond substituents is 1. The van der Waals surface area contributed by atoms with E-state index in [-0.39, 0.29) is 54.2 Å². The van der Waals surface area contributed by atoms with Crippen LogP contribution >= 0.6 is 0 Å². The van der Waals surface area contributed by atoms with Gasteiger partial charge in [0.05, 0.1) is 23.7 Å². The molecule has 268 valence electrons. The second kappa shape index (κ2) is 12.8. The van der Waals surface area contributed by atoms with Crippen molar-refractivity contribution in [3.05, 3.63) is 64.3 Å². The topological polar surface area (TPSA) is 212 Å². The summed E-state index contributed by atoms with van der Waals surface area (Å²) >= 11 is 0. The number of halogens is 1. The number of aliphatic hydroxyl groups is 1. The number of imide groups is 1. The fourth-order valence-electron chi connectivity index (χ4n) is 7.29. The first-order valence-electron chi connectivity index (χ1n) is 16.3. The zero-order chi connectivity index (χ0) is 36.4. The number of aromatic hydroxyl groups is 1. The number of aryl methyl sites for hydroxylation is 1. The number of amides is 4. The Labute approximate surface area is 289 Å². The third-order valence-corrected chi connectivity index (χ3v) is 11.0. The first-order valence-corrected chi connectivity index (χ1v) is 17.8. The molecule has 51 heavy (non-hydrogen) atoms. The van der Waals surface area contributed by atoms with Crippen LogP contribution in [0, 0.1) is 5.82 Å². The predicted octanol–water partition coefficient (Wildman–Crippen LogP) is 0.768. The largest absolute Gasteiger partial charge is 0.506 e. The van der Waals surface area contributed by atoms with Crippen LogP contribution in [0.1, 0.15) is 43.7 Å². The number of benzene rings is 3. The summed E-state index contributed by atoms with van der Waals surface area (Å²) in [4.78, 5) is 64.1. The van der Waals surface area contributed by atoms with Gasteiger partial charge in [0.2, 0.25) is 17.7 Å². The summed E-state index contributed by atoms with van der Waals surface area (Å²) in [6.07, 6.45) is 0.0238. The minimum atomic E-state index is -4.36. The van der Waals surface area contributed by atoms with E-state index in [9.17, 15) is 42.6 Å². The number of nitrogens with zero attached hydrogens (tertiary/aromatic N) is 4. The van der Waals surface area contributed by atoms with E-state index in [0.29, 0.717) is 40.5 Å².